The predicted octanol–water partition coefficient (Wildman–Crippen LogP) is 1.56. The second-order valence-corrected chi connectivity index (χ2v) is 4.45. The van der Waals surface area contributed by atoms with Gasteiger partial charge in [0.25, 0.3) is 0 Å². The number of rotatable bonds is 7. The average Bonchev–Trinajstić information content (AvgIpc) is 3.12. The Morgan fingerprint density at radius 2 is 2.24 bits per heavy atom. The van der Waals surface area contributed by atoms with Crippen LogP contribution in [0.4, 0.5) is 5.82 Å². The van der Waals surface area contributed by atoms with Crippen LogP contribution in [0.2, 0.25) is 5.15 Å². The highest BCUT2D eigenvalue weighted by atomic mass is 35.5. The van der Waals surface area contributed by atoms with Crippen molar-refractivity contribution in [2.45, 2.75) is 25.2 Å². The molecule has 0 aromatic carbocycles. The Bertz CT molecular complexity index is 395. The summed E-state index contributed by atoms with van der Waals surface area (Å²) in [6.07, 6.45) is 3.86. The van der Waals surface area contributed by atoms with Crippen LogP contribution in [0.1, 0.15) is 31.0 Å². The minimum absolute atomic E-state index is 0.482. The summed E-state index contributed by atoms with van der Waals surface area (Å²) < 4.78 is 0. The van der Waals surface area contributed by atoms with E-state index in [4.69, 9.17) is 11.6 Å². The van der Waals surface area contributed by atoms with Crippen molar-refractivity contribution in [3.05, 3.63) is 17.0 Å². The number of hydrogen-bond acceptors (Lipinski definition) is 4. The van der Waals surface area contributed by atoms with Crippen LogP contribution < -0.4 is 10.6 Å². The van der Waals surface area contributed by atoms with E-state index in [9.17, 15) is 4.79 Å². The third kappa shape index (κ3) is 3.85. The van der Waals surface area contributed by atoms with Crippen LogP contribution in [0.25, 0.3) is 0 Å². The van der Waals surface area contributed by atoms with Gasteiger partial charge in [0, 0.05) is 25.1 Å². The largest absolute Gasteiger partial charge is 0.370 e. The van der Waals surface area contributed by atoms with Crippen LogP contribution in [0.5, 0.6) is 0 Å². The quantitative estimate of drug-likeness (QED) is 0.440. The molecule has 1 saturated carbocycles. The molecule has 6 heteroatoms. The van der Waals surface area contributed by atoms with Gasteiger partial charge in [-0.2, -0.15) is 0 Å². The number of anilines is 1. The minimum Gasteiger partial charge on any atom is -0.370 e. The zero-order valence-corrected chi connectivity index (χ0v) is 10.2. The average molecular weight is 255 g/mol. The lowest BCUT2D eigenvalue weighted by Gasteiger charge is -2.07. The zero-order chi connectivity index (χ0) is 12.1. The van der Waals surface area contributed by atoms with Crippen molar-refractivity contribution in [3.63, 3.8) is 0 Å². The van der Waals surface area contributed by atoms with E-state index in [0.717, 1.165) is 37.4 Å². The number of nitrogens with one attached hydrogen (secondary N) is 2. The molecule has 0 saturated heterocycles. The number of halogens is 1. The molecule has 5 nitrogen and oxygen atoms in total. The van der Waals surface area contributed by atoms with Gasteiger partial charge in [0.1, 0.15) is 16.8 Å². The first-order valence-electron chi connectivity index (χ1n) is 5.75. The summed E-state index contributed by atoms with van der Waals surface area (Å²) in [4.78, 5) is 18.7. The summed E-state index contributed by atoms with van der Waals surface area (Å²) in [6.45, 7) is 1.41. The molecule has 0 bridgehead atoms. The molecule has 1 aromatic rings. The maximum Gasteiger partial charge on any atom is 0.207 e. The number of carbonyl (C=O) groups is 1. The van der Waals surface area contributed by atoms with Crippen molar-refractivity contribution in [1.82, 2.24) is 15.3 Å². The number of aromatic nitrogens is 2. The molecule has 92 valence electrons. The van der Waals surface area contributed by atoms with Crippen LogP contribution in [-0.2, 0) is 4.79 Å². The van der Waals surface area contributed by atoms with E-state index in [2.05, 4.69) is 20.6 Å². The Morgan fingerprint density at radius 3 is 2.94 bits per heavy atom. The molecular formula is C11H15ClN4O. The van der Waals surface area contributed by atoms with E-state index in [0.29, 0.717) is 24.0 Å². The smallest absolute Gasteiger partial charge is 0.207 e. The van der Waals surface area contributed by atoms with Gasteiger partial charge in [-0.1, -0.05) is 11.6 Å². The molecule has 1 heterocycles. The first-order valence-corrected chi connectivity index (χ1v) is 6.13. The van der Waals surface area contributed by atoms with E-state index in [1.54, 1.807) is 6.07 Å². The fourth-order valence-corrected chi connectivity index (χ4v) is 1.71. The molecule has 0 spiro atoms. The maximum atomic E-state index is 10.0. The van der Waals surface area contributed by atoms with Gasteiger partial charge >= 0.3 is 0 Å². The van der Waals surface area contributed by atoms with E-state index < -0.39 is 0 Å². The summed E-state index contributed by atoms with van der Waals surface area (Å²) in [5, 5.41) is 6.26. The number of hydrogen-bond donors (Lipinski definition) is 2. The Hall–Kier alpha value is -1.36. The van der Waals surface area contributed by atoms with Crippen LogP contribution >= 0.6 is 11.6 Å². The summed E-state index contributed by atoms with van der Waals surface area (Å²) in [5.74, 6) is 2.09. The SMILES string of the molecule is O=CNCCCNc1cc(Cl)nc(C2CC2)n1. The molecule has 1 aliphatic rings. The zero-order valence-electron chi connectivity index (χ0n) is 9.45. The van der Waals surface area contributed by atoms with Crippen molar-refractivity contribution in [2.75, 3.05) is 18.4 Å². The fourth-order valence-electron chi connectivity index (χ4n) is 1.52. The van der Waals surface area contributed by atoms with Crippen LogP contribution in [0.3, 0.4) is 0 Å². The van der Waals surface area contributed by atoms with Crippen molar-refractivity contribution in [3.8, 4) is 0 Å². The summed E-state index contributed by atoms with van der Waals surface area (Å²) in [5.41, 5.74) is 0. The molecule has 0 radical (unpaired) electrons. The molecule has 0 aliphatic heterocycles. The summed E-state index contributed by atoms with van der Waals surface area (Å²) in [7, 11) is 0. The van der Waals surface area contributed by atoms with Gasteiger partial charge in [-0.15, -0.1) is 0 Å². The molecule has 0 atom stereocenters. The van der Waals surface area contributed by atoms with Crippen LogP contribution in [-0.4, -0.2) is 29.5 Å². The first-order chi connectivity index (χ1) is 8.29. The van der Waals surface area contributed by atoms with Gasteiger partial charge in [-0.05, 0) is 19.3 Å². The monoisotopic (exact) mass is 254 g/mol. The molecule has 2 rings (SSSR count). The Morgan fingerprint density at radius 1 is 1.41 bits per heavy atom. The first kappa shape index (κ1) is 12.1. The molecule has 2 N–H and O–H groups in total. The van der Waals surface area contributed by atoms with Gasteiger partial charge in [0.2, 0.25) is 6.41 Å². The summed E-state index contributed by atoms with van der Waals surface area (Å²) in [6, 6.07) is 1.72. The van der Waals surface area contributed by atoms with Crippen LogP contribution in [0.15, 0.2) is 6.07 Å². The molecular weight excluding hydrogens is 240 g/mol. The topological polar surface area (TPSA) is 66.9 Å². The normalized spacial score (nSPS) is 14.4. The standard InChI is InChI=1S/C11H15ClN4O/c12-9-6-10(14-5-1-4-13-7-17)16-11(15-9)8-2-3-8/h6-8H,1-5H2,(H,13,17)(H,14,15,16). The third-order valence-electron chi connectivity index (χ3n) is 2.54. The number of amides is 1. The molecule has 1 amide bonds. The predicted molar refractivity (Wildman–Crippen MR) is 66.2 cm³/mol. The molecule has 1 aliphatic carbocycles. The second-order valence-electron chi connectivity index (χ2n) is 4.06. The van der Waals surface area contributed by atoms with Gasteiger partial charge in [0.05, 0.1) is 0 Å². The molecule has 17 heavy (non-hydrogen) atoms. The summed E-state index contributed by atoms with van der Waals surface area (Å²) >= 11 is 5.93. The molecule has 0 unspecified atom stereocenters. The van der Waals surface area contributed by atoms with Gasteiger partial charge < -0.3 is 10.6 Å². The van der Waals surface area contributed by atoms with Gasteiger partial charge in [-0.25, -0.2) is 9.97 Å². The number of carbonyl (C=O) groups excluding carboxylic acids is 1. The third-order valence-corrected chi connectivity index (χ3v) is 2.74. The van der Waals surface area contributed by atoms with Gasteiger partial charge in [-0.3, -0.25) is 4.79 Å². The minimum atomic E-state index is 0.482. The lowest BCUT2D eigenvalue weighted by Crippen LogP contribution is -2.16. The van der Waals surface area contributed by atoms with Crippen molar-refractivity contribution in [1.29, 1.82) is 0 Å². The Kier molecular flexibility index (Phi) is 4.14. The fraction of sp³-hybridized carbons (Fsp3) is 0.545. The highest BCUT2D eigenvalue weighted by Crippen LogP contribution is 2.38. The van der Waals surface area contributed by atoms with Crippen molar-refractivity contribution >= 4 is 23.8 Å². The highest BCUT2D eigenvalue weighted by molar-refractivity contribution is 6.29. The molecule has 1 fully saturated rings. The lowest BCUT2D eigenvalue weighted by atomic mass is 10.4. The Balaban J connectivity index is 1.84. The van der Waals surface area contributed by atoms with E-state index in [1.807, 2.05) is 0 Å². The number of nitrogens with zero attached hydrogens (tertiary/aromatic N) is 2. The highest BCUT2D eigenvalue weighted by Gasteiger charge is 2.27. The van der Waals surface area contributed by atoms with Gasteiger partial charge in [0.15, 0.2) is 0 Å². The van der Waals surface area contributed by atoms with E-state index >= 15 is 0 Å². The maximum absolute atomic E-state index is 10.0. The Labute approximate surface area is 105 Å². The van der Waals surface area contributed by atoms with Crippen LogP contribution in [0, 0.1) is 0 Å². The van der Waals surface area contributed by atoms with E-state index in [1.165, 1.54) is 0 Å². The van der Waals surface area contributed by atoms with E-state index in [-0.39, 0.29) is 0 Å². The molecule has 1 aromatic heterocycles. The second kappa shape index (κ2) is 5.82. The van der Waals surface area contributed by atoms with Crippen molar-refractivity contribution in [2.24, 2.45) is 0 Å². The lowest BCUT2D eigenvalue weighted by molar-refractivity contribution is -0.109. The van der Waals surface area contributed by atoms with Crippen molar-refractivity contribution < 1.29 is 4.79 Å².